The van der Waals surface area contributed by atoms with Gasteiger partial charge in [-0.25, -0.2) is 19.2 Å². The molecule has 4 aromatic rings. The van der Waals surface area contributed by atoms with Crippen molar-refractivity contribution in [3.8, 4) is 5.69 Å². The predicted molar refractivity (Wildman–Crippen MR) is 88.3 cm³/mol. The second-order valence-corrected chi connectivity index (χ2v) is 6.14. The Morgan fingerprint density at radius 1 is 1.21 bits per heavy atom. The predicted octanol–water partition coefficient (Wildman–Crippen LogP) is 2.97. The summed E-state index contributed by atoms with van der Waals surface area (Å²) in [5.74, 6) is 0.701. The van der Waals surface area contributed by atoms with Crippen LogP contribution in [0, 0.1) is 0 Å². The Balaban J connectivity index is 1.70. The van der Waals surface area contributed by atoms with Gasteiger partial charge in [-0.2, -0.15) is 5.10 Å². The van der Waals surface area contributed by atoms with Crippen LogP contribution in [0.1, 0.15) is 24.8 Å². The van der Waals surface area contributed by atoms with Crippen LogP contribution < -0.4 is 0 Å². The van der Waals surface area contributed by atoms with Gasteiger partial charge < -0.3 is 4.74 Å². The first-order valence-electron chi connectivity index (χ1n) is 7.77. The molecule has 8 heteroatoms. The third kappa shape index (κ3) is 2.02. The van der Waals surface area contributed by atoms with Gasteiger partial charge in [-0.05, 0) is 25.0 Å². The zero-order chi connectivity index (χ0) is 16.1. The third-order valence-electron chi connectivity index (χ3n) is 4.22. The molecule has 1 fully saturated rings. The van der Waals surface area contributed by atoms with E-state index in [1.165, 1.54) is 0 Å². The zero-order valence-corrected chi connectivity index (χ0v) is 13.4. The molecule has 4 heterocycles. The summed E-state index contributed by atoms with van der Waals surface area (Å²) < 4.78 is 9.07. The van der Waals surface area contributed by atoms with Crippen LogP contribution >= 0.6 is 11.6 Å². The number of rotatable bonds is 2. The molecule has 1 aromatic carbocycles. The van der Waals surface area contributed by atoms with Crippen LogP contribution in [0.25, 0.3) is 22.4 Å². The molecule has 1 atom stereocenters. The number of ether oxygens (including phenoxy) is 1. The molecule has 0 spiro atoms. The van der Waals surface area contributed by atoms with Gasteiger partial charge in [0.2, 0.25) is 0 Å². The molecule has 1 aliphatic heterocycles. The number of halogens is 1. The number of hydrogen-bond acceptors (Lipinski definition) is 5. The Bertz CT molecular complexity index is 1050. The Morgan fingerprint density at radius 3 is 2.96 bits per heavy atom. The van der Waals surface area contributed by atoms with Crippen molar-refractivity contribution in [3.05, 3.63) is 47.6 Å². The van der Waals surface area contributed by atoms with Crippen molar-refractivity contribution in [2.24, 2.45) is 0 Å². The highest BCUT2D eigenvalue weighted by Gasteiger charge is 2.23. The monoisotopic (exact) mass is 340 g/mol. The Morgan fingerprint density at radius 2 is 2.12 bits per heavy atom. The summed E-state index contributed by atoms with van der Waals surface area (Å²) in [4.78, 5) is 9.14. The van der Waals surface area contributed by atoms with Crippen LogP contribution in [0.3, 0.4) is 0 Å². The minimum absolute atomic E-state index is 0.0291. The molecule has 0 aliphatic carbocycles. The second kappa shape index (κ2) is 5.25. The molecule has 24 heavy (non-hydrogen) atoms. The molecule has 0 amide bonds. The first-order chi connectivity index (χ1) is 11.8. The maximum atomic E-state index is 6.29. The first-order valence-corrected chi connectivity index (χ1v) is 8.14. The van der Waals surface area contributed by atoms with Crippen molar-refractivity contribution in [1.82, 2.24) is 29.4 Å². The van der Waals surface area contributed by atoms with E-state index in [2.05, 4.69) is 20.2 Å². The number of nitrogens with zero attached hydrogens (tertiary/aromatic N) is 6. The van der Waals surface area contributed by atoms with Gasteiger partial charge in [0.25, 0.3) is 0 Å². The minimum atomic E-state index is -0.0291. The molecule has 0 saturated carbocycles. The van der Waals surface area contributed by atoms with Gasteiger partial charge >= 0.3 is 0 Å². The molecule has 120 valence electrons. The molecule has 0 radical (unpaired) electrons. The van der Waals surface area contributed by atoms with Gasteiger partial charge in [0, 0.05) is 6.61 Å². The van der Waals surface area contributed by atoms with Crippen molar-refractivity contribution in [2.75, 3.05) is 6.61 Å². The molecule has 0 unspecified atom stereocenters. The lowest BCUT2D eigenvalue weighted by Crippen LogP contribution is -2.00. The average molecular weight is 341 g/mol. The van der Waals surface area contributed by atoms with Crippen LogP contribution in [-0.2, 0) is 4.74 Å². The molecular weight excluding hydrogens is 328 g/mol. The van der Waals surface area contributed by atoms with E-state index in [1.54, 1.807) is 21.7 Å². The van der Waals surface area contributed by atoms with Gasteiger partial charge in [-0.1, -0.05) is 23.7 Å². The third-order valence-corrected chi connectivity index (χ3v) is 4.54. The number of benzene rings is 1. The van der Waals surface area contributed by atoms with E-state index >= 15 is 0 Å². The Hall–Kier alpha value is -2.51. The molecule has 5 rings (SSSR count). The molecule has 3 aromatic heterocycles. The highest BCUT2D eigenvalue weighted by atomic mass is 35.5. The van der Waals surface area contributed by atoms with E-state index in [0.717, 1.165) is 36.2 Å². The van der Waals surface area contributed by atoms with Crippen LogP contribution in [0.4, 0.5) is 0 Å². The molecule has 1 saturated heterocycles. The van der Waals surface area contributed by atoms with Crippen LogP contribution in [-0.4, -0.2) is 36.0 Å². The molecular formula is C16H13ClN6O. The number of para-hydroxylation sites is 1. The van der Waals surface area contributed by atoms with E-state index < -0.39 is 0 Å². The summed E-state index contributed by atoms with van der Waals surface area (Å²) in [6.07, 6.45) is 5.36. The normalized spacial score (nSPS) is 18.0. The summed E-state index contributed by atoms with van der Waals surface area (Å²) in [6, 6.07) is 7.53. The van der Waals surface area contributed by atoms with E-state index in [4.69, 9.17) is 16.3 Å². The number of aromatic nitrogens is 6. The van der Waals surface area contributed by atoms with Gasteiger partial charge in [-0.3, -0.25) is 0 Å². The topological polar surface area (TPSA) is 70.1 Å². The minimum Gasteiger partial charge on any atom is -0.370 e. The smallest absolute Gasteiger partial charge is 0.180 e. The fraction of sp³-hybridized carbons (Fsp3) is 0.250. The molecule has 0 bridgehead atoms. The number of hydrogen-bond donors (Lipinski definition) is 0. The van der Waals surface area contributed by atoms with Crippen LogP contribution in [0.2, 0.25) is 5.02 Å². The lowest BCUT2D eigenvalue weighted by Gasteiger charge is -2.04. The maximum absolute atomic E-state index is 6.29. The summed E-state index contributed by atoms with van der Waals surface area (Å²) in [5, 5.41) is 10.4. The summed E-state index contributed by atoms with van der Waals surface area (Å²) in [7, 11) is 0. The summed E-state index contributed by atoms with van der Waals surface area (Å²) in [5.41, 5.74) is 2.20. The standard InChI is InChI=1S/C16H13ClN6O/c17-11-4-1-2-5-12(11)23-15-10(8-19-23)16-20-14(13-6-3-7-24-13)21-22(16)9-18-15/h1-2,4-5,8-9,13H,3,6-7H2/t13-/m0/s1. The summed E-state index contributed by atoms with van der Waals surface area (Å²) >= 11 is 6.29. The van der Waals surface area contributed by atoms with E-state index in [1.807, 2.05) is 24.3 Å². The fourth-order valence-electron chi connectivity index (χ4n) is 3.05. The second-order valence-electron chi connectivity index (χ2n) is 5.73. The number of fused-ring (bicyclic) bond motifs is 3. The lowest BCUT2D eigenvalue weighted by atomic mass is 10.2. The highest BCUT2D eigenvalue weighted by molar-refractivity contribution is 6.32. The van der Waals surface area contributed by atoms with Gasteiger partial charge in [0.15, 0.2) is 17.1 Å². The van der Waals surface area contributed by atoms with Crippen molar-refractivity contribution < 1.29 is 4.74 Å². The van der Waals surface area contributed by atoms with Crippen molar-refractivity contribution >= 4 is 28.3 Å². The van der Waals surface area contributed by atoms with E-state index in [-0.39, 0.29) is 6.10 Å². The molecule has 7 nitrogen and oxygen atoms in total. The van der Waals surface area contributed by atoms with Crippen molar-refractivity contribution in [1.29, 1.82) is 0 Å². The van der Waals surface area contributed by atoms with Crippen LogP contribution in [0.5, 0.6) is 0 Å². The van der Waals surface area contributed by atoms with Gasteiger partial charge in [0.05, 0.1) is 22.3 Å². The van der Waals surface area contributed by atoms with Crippen LogP contribution in [0.15, 0.2) is 36.8 Å². The average Bonchev–Trinajstić information content (AvgIpc) is 3.32. The summed E-state index contributed by atoms with van der Waals surface area (Å²) in [6.45, 7) is 0.762. The van der Waals surface area contributed by atoms with E-state index in [0.29, 0.717) is 16.5 Å². The van der Waals surface area contributed by atoms with E-state index in [9.17, 15) is 0 Å². The zero-order valence-electron chi connectivity index (χ0n) is 12.6. The molecule has 1 aliphatic rings. The highest BCUT2D eigenvalue weighted by Crippen LogP contribution is 2.28. The maximum Gasteiger partial charge on any atom is 0.180 e. The largest absolute Gasteiger partial charge is 0.370 e. The quantitative estimate of drug-likeness (QED) is 0.561. The van der Waals surface area contributed by atoms with Crippen molar-refractivity contribution in [3.63, 3.8) is 0 Å². The Labute approximate surface area is 141 Å². The molecule has 0 N–H and O–H groups in total. The fourth-order valence-corrected chi connectivity index (χ4v) is 3.27. The van der Waals surface area contributed by atoms with Gasteiger partial charge in [0.1, 0.15) is 12.4 Å². The SMILES string of the molecule is Clc1ccccc1-n1ncc2c1ncn1nc([C@@H]3CCCO3)nc21. The first kappa shape index (κ1) is 13.9. The lowest BCUT2D eigenvalue weighted by molar-refractivity contribution is 0.105. The van der Waals surface area contributed by atoms with Gasteiger partial charge in [-0.15, -0.1) is 5.10 Å². The van der Waals surface area contributed by atoms with Crippen molar-refractivity contribution in [2.45, 2.75) is 18.9 Å². The Kier molecular flexibility index (Phi) is 3.04.